The summed E-state index contributed by atoms with van der Waals surface area (Å²) >= 11 is 0. The molecule has 1 aliphatic heterocycles. The molecule has 1 heterocycles. The van der Waals surface area contributed by atoms with Crippen LogP contribution < -0.4 is 0 Å². The average molecular weight is 290 g/mol. The van der Waals surface area contributed by atoms with Crippen LogP contribution in [-0.4, -0.2) is 29.2 Å². The van der Waals surface area contributed by atoms with Gasteiger partial charge in [0, 0.05) is 6.20 Å². The summed E-state index contributed by atoms with van der Waals surface area (Å²) in [7, 11) is 0. The number of hydrogen-bond acceptors (Lipinski definition) is 3. The zero-order valence-electron chi connectivity index (χ0n) is 13.1. The van der Waals surface area contributed by atoms with Gasteiger partial charge in [-0.2, -0.15) is 0 Å². The maximum absolute atomic E-state index is 12.2. The summed E-state index contributed by atoms with van der Waals surface area (Å²) in [4.78, 5) is 13.7. The van der Waals surface area contributed by atoms with E-state index in [9.17, 15) is 4.79 Å². The molecule has 1 saturated carbocycles. The van der Waals surface area contributed by atoms with Crippen molar-refractivity contribution in [2.24, 2.45) is 0 Å². The fourth-order valence-corrected chi connectivity index (χ4v) is 2.48. The first-order chi connectivity index (χ1) is 9.87. The monoisotopic (exact) mass is 290 g/mol. The van der Waals surface area contributed by atoms with Crippen molar-refractivity contribution in [3.63, 3.8) is 0 Å². The summed E-state index contributed by atoms with van der Waals surface area (Å²) in [6.07, 6.45) is 9.49. The van der Waals surface area contributed by atoms with Crippen molar-refractivity contribution in [2.75, 3.05) is 6.54 Å². The van der Waals surface area contributed by atoms with Crippen LogP contribution in [0.3, 0.4) is 0 Å². The predicted octanol–water partition coefficient (Wildman–Crippen LogP) is 3.95. The molecule has 2 aliphatic rings. The third-order valence-corrected chi connectivity index (χ3v) is 3.40. The molecule has 4 nitrogen and oxygen atoms in total. The van der Waals surface area contributed by atoms with E-state index in [2.05, 4.69) is 0 Å². The molecule has 0 aromatic carbocycles. The lowest BCUT2D eigenvalue weighted by atomic mass is 10.2. The molecule has 115 valence electrons. The van der Waals surface area contributed by atoms with Crippen molar-refractivity contribution in [3.05, 3.63) is 36.3 Å². The SMILES string of the molecule is [CH]=CC1=CN(C(=O)OC(C)(C)C)CC(OC2CCCC2)=C1. The average Bonchev–Trinajstić information content (AvgIpc) is 2.89. The molecule has 0 spiro atoms. The van der Waals surface area contributed by atoms with Crippen molar-refractivity contribution >= 4 is 6.09 Å². The number of rotatable bonds is 3. The Morgan fingerprint density at radius 3 is 2.62 bits per heavy atom. The molecule has 0 bridgehead atoms. The van der Waals surface area contributed by atoms with E-state index in [1.54, 1.807) is 6.20 Å². The minimum Gasteiger partial charge on any atom is -0.493 e. The van der Waals surface area contributed by atoms with Crippen LogP contribution in [0.15, 0.2) is 29.7 Å². The summed E-state index contributed by atoms with van der Waals surface area (Å²) in [5, 5.41) is 0. The summed E-state index contributed by atoms with van der Waals surface area (Å²) < 4.78 is 11.4. The molecule has 1 aliphatic carbocycles. The largest absolute Gasteiger partial charge is 0.493 e. The van der Waals surface area contributed by atoms with Gasteiger partial charge in [-0.3, -0.25) is 4.90 Å². The van der Waals surface area contributed by atoms with Crippen LogP contribution in [-0.2, 0) is 9.47 Å². The van der Waals surface area contributed by atoms with E-state index >= 15 is 0 Å². The zero-order valence-corrected chi connectivity index (χ0v) is 13.1. The van der Waals surface area contributed by atoms with Gasteiger partial charge in [-0.1, -0.05) is 12.7 Å². The second-order valence-electron chi connectivity index (χ2n) is 6.54. The van der Waals surface area contributed by atoms with Crippen molar-refractivity contribution < 1.29 is 14.3 Å². The first-order valence-electron chi connectivity index (χ1n) is 7.51. The Hall–Kier alpha value is -1.71. The molecule has 21 heavy (non-hydrogen) atoms. The van der Waals surface area contributed by atoms with E-state index in [4.69, 9.17) is 16.1 Å². The van der Waals surface area contributed by atoms with E-state index in [1.807, 2.05) is 26.8 Å². The standard InChI is InChI=1S/C17H24NO3/c1-5-13-10-15(20-14-8-6-7-9-14)12-18(11-13)16(19)21-17(2,3)4/h1,5,10-11,14H,6-9,12H2,2-4H3. The molecule has 1 amide bonds. The highest BCUT2D eigenvalue weighted by Crippen LogP contribution is 2.26. The highest BCUT2D eigenvalue weighted by atomic mass is 16.6. The number of amides is 1. The van der Waals surface area contributed by atoms with Gasteiger partial charge in [-0.05, 0) is 58.1 Å². The molecular weight excluding hydrogens is 266 g/mol. The quantitative estimate of drug-likeness (QED) is 0.790. The first-order valence-corrected chi connectivity index (χ1v) is 7.51. The fraction of sp³-hybridized carbons (Fsp3) is 0.588. The molecule has 0 N–H and O–H groups in total. The van der Waals surface area contributed by atoms with Gasteiger partial charge in [0.25, 0.3) is 0 Å². The van der Waals surface area contributed by atoms with Crippen molar-refractivity contribution in [1.82, 2.24) is 4.90 Å². The molecule has 0 unspecified atom stereocenters. The smallest absolute Gasteiger partial charge is 0.414 e. The molecular formula is C17H24NO3. The lowest BCUT2D eigenvalue weighted by Crippen LogP contribution is -2.36. The van der Waals surface area contributed by atoms with Crippen LogP contribution in [0, 0.1) is 6.58 Å². The maximum Gasteiger partial charge on any atom is 0.414 e. The number of carbonyl (C=O) groups excluding carboxylic acids is 1. The Morgan fingerprint density at radius 2 is 2.05 bits per heavy atom. The van der Waals surface area contributed by atoms with Gasteiger partial charge in [-0.25, -0.2) is 4.79 Å². The second kappa shape index (κ2) is 6.37. The first kappa shape index (κ1) is 15.7. The molecule has 1 radical (unpaired) electrons. The topological polar surface area (TPSA) is 38.8 Å². The van der Waals surface area contributed by atoms with Gasteiger partial charge >= 0.3 is 6.09 Å². The van der Waals surface area contributed by atoms with Gasteiger partial charge < -0.3 is 9.47 Å². The third kappa shape index (κ3) is 4.66. The van der Waals surface area contributed by atoms with Crippen LogP contribution >= 0.6 is 0 Å². The number of hydrogen-bond donors (Lipinski definition) is 0. The number of allylic oxidation sites excluding steroid dienone is 3. The molecule has 4 heteroatoms. The van der Waals surface area contributed by atoms with Crippen LogP contribution in [0.2, 0.25) is 0 Å². The number of ether oxygens (including phenoxy) is 2. The molecule has 0 aromatic heterocycles. The Morgan fingerprint density at radius 1 is 1.38 bits per heavy atom. The van der Waals surface area contributed by atoms with Crippen LogP contribution in [0.4, 0.5) is 4.79 Å². The van der Waals surface area contributed by atoms with Gasteiger partial charge in [0.1, 0.15) is 11.4 Å². The summed E-state index contributed by atoms with van der Waals surface area (Å²) in [6, 6.07) is 0. The van der Waals surface area contributed by atoms with Crippen LogP contribution in [0.5, 0.6) is 0 Å². The second-order valence-corrected chi connectivity index (χ2v) is 6.54. The predicted molar refractivity (Wildman–Crippen MR) is 81.3 cm³/mol. The van der Waals surface area contributed by atoms with E-state index in [0.29, 0.717) is 6.54 Å². The zero-order chi connectivity index (χ0) is 15.5. The van der Waals surface area contributed by atoms with Gasteiger partial charge in [0.15, 0.2) is 0 Å². The molecule has 0 saturated heterocycles. The molecule has 2 rings (SSSR count). The van der Waals surface area contributed by atoms with Crippen molar-refractivity contribution in [3.8, 4) is 0 Å². The Labute approximate surface area is 127 Å². The van der Waals surface area contributed by atoms with Gasteiger partial charge in [0.05, 0.1) is 12.6 Å². The fourth-order valence-electron chi connectivity index (χ4n) is 2.48. The minimum atomic E-state index is -0.523. The highest BCUT2D eigenvalue weighted by molar-refractivity contribution is 5.70. The third-order valence-electron chi connectivity index (χ3n) is 3.40. The van der Waals surface area contributed by atoms with Gasteiger partial charge in [-0.15, -0.1) is 0 Å². The minimum absolute atomic E-state index is 0.258. The van der Waals surface area contributed by atoms with Crippen LogP contribution in [0.25, 0.3) is 0 Å². The summed E-state index contributed by atoms with van der Waals surface area (Å²) in [6.45, 7) is 11.5. The van der Waals surface area contributed by atoms with Crippen molar-refractivity contribution in [2.45, 2.75) is 58.2 Å². The normalized spacial score (nSPS) is 19.9. The number of carbonyl (C=O) groups is 1. The maximum atomic E-state index is 12.2. The van der Waals surface area contributed by atoms with E-state index in [-0.39, 0.29) is 12.2 Å². The molecule has 0 aromatic rings. The highest BCUT2D eigenvalue weighted by Gasteiger charge is 2.26. The lowest BCUT2D eigenvalue weighted by Gasteiger charge is -2.29. The van der Waals surface area contributed by atoms with E-state index in [1.165, 1.54) is 23.8 Å². The Bertz CT molecular complexity index is 465. The molecule has 1 fully saturated rings. The Balaban J connectivity index is 2.04. The summed E-state index contributed by atoms with van der Waals surface area (Å²) in [5.74, 6) is 0.770. The van der Waals surface area contributed by atoms with Gasteiger partial charge in [0.2, 0.25) is 0 Å². The summed E-state index contributed by atoms with van der Waals surface area (Å²) in [5.41, 5.74) is 0.227. The lowest BCUT2D eigenvalue weighted by molar-refractivity contribution is 0.0291. The number of nitrogens with zero attached hydrogens (tertiary/aromatic N) is 1. The van der Waals surface area contributed by atoms with Crippen LogP contribution in [0.1, 0.15) is 46.5 Å². The van der Waals surface area contributed by atoms with E-state index < -0.39 is 5.60 Å². The molecule has 0 atom stereocenters. The van der Waals surface area contributed by atoms with Crippen molar-refractivity contribution in [1.29, 1.82) is 0 Å². The Kier molecular flexibility index (Phi) is 4.76. The van der Waals surface area contributed by atoms with E-state index in [0.717, 1.165) is 24.2 Å².